The Balaban J connectivity index is 2.26. The van der Waals surface area contributed by atoms with Crippen LogP contribution >= 0.6 is 11.6 Å². The lowest BCUT2D eigenvalue weighted by Gasteiger charge is -2.37. The second-order valence-electron chi connectivity index (χ2n) is 5.38. The molecule has 21 heavy (non-hydrogen) atoms. The van der Waals surface area contributed by atoms with Crippen LogP contribution in [-0.2, 0) is 0 Å². The lowest BCUT2D eigenvalue weighted by molar-refractivity contribution is -0.384. The third-order valence-corrected chi connectivity index (χ3v) is 4.24. The number of amides is 1. The molecular weight excluding hydrogens is 292 g/mol. The molecule has 0 atom stereocenters. The van der Waals surface area contributed by atoms with E-state index in [0.717, 1.165) is 31.2 Å². The van der Waals surface area contributed by atoms with Gasteiger partial charge in [-0.15, -0.1) is 11.6 Å². The molecule has 114 valence electrons. The molecule has 1 aliphatic rings. The topological polar surface area (TPSA) is 63.5 Å². The van der Waals surface area contributed by atoms with Crippen molar-refractivity contribution in [2.45, 2.75) is 38.6 Å². The molecule has 6 heteroatoms. The number of alkyl halides is 1. The van der Waals surface area contributed by atoms with Crippen molar-refractivity contribution in [3.63, 3.8) is 0 Å². The molecule has 1 aliphatic carbocycles. The summed E-state index contributed by atoms with van der Waals surface area (Å²) in [7, 11) is 0. The zero-order valence-electron chi connectivity index (χ0n) is 12.0. The van der Waals surface area contributed by atoms with Gasteiger partial charge in [0.2, 0.25) is 0 Å². The predicted octanol–water partition coefficient (Wildman–Crippen LogP) is 3.53. The van der Waals surface area contributed by atoms with Crippen molar-refractivity contribution < 1.29 is 9.72 Å². The van der Waals surface area contributed by atoms with E-state index in [2.05, 4.69) is 0 Å². The monoisotopic (exact) mass is 310 g/mol. The van der Waals surface area contributed by atoms with Crippen molar-refractivity contribution in [1.29, 1.82) is 0 Å². The molecule has 5 nitrogen and oxygen atoms in total. The Hall–Kier alpha value is -1.62. The number of nitro benzene ring substituents is 1. The molecule has 0 aliphatic heterocycles. The minimum Gasteiger partial charge on any atom is -0.336 e. The largest absolute Gasteiger partial charge is 0.336 e. The van der Waals surface area contributed by atoms with Gasteiger partial charge in [0.15, 0.2) is 0 Å². The van der Waals surface area contributed by atoms with Gasteiger partial charge < -0.3 is 4.90 Å². The number of benzene rings is 1. The lowest BCUT2D eigenvalue weighted by Crippen LogP contribution is -2.45. The third-order valence-electron chi connectivity index (χ3n) is 3.97. The van der Waals surface area contributed by atoms with Gasteiger partial charge in [0.05, 0.1) is 4.92 Å². The van der Waals surface area contributed by atoms with Crippen molar-refractivity contribution in [2.75, 3.05) is 12.4 Å². The standard InChI is InChI=1S/C15H19ClN2O3/c1-11-6-7-13(18(20)21)10-14(11)15(19)17(9-3-8-16)12-4-2-5-12/h6-7,10,12H,2-5,8-9H2,1H3. The number of halogens is 1. The Labute approximate surface area is 129 Å². The van der Waals surface area contributed by atoms with Crippen LogP contribution in [0.15, 0.2) is 18.2 Å². The summed E-state index contributed by atoms with van der Waals surface area (Å²) in [6.45, 7) is 2.41. The van der Waals surface area contributed by atoms with Crippen LogP contribution in [0.4, 0.5) is 5.69 Å². The van der Waals surface area contributed by atoms with Crippen molar-refractivity contribution in [2.24, 2.45) is 0 Å². The van der Waals surface area contributed by atoms with Gasteiger partial charge in [0.1, 0.15) is 0 Å². The van der Waals surface area contributed by atoms with Crippen LogP contribution in [0, 0.1) is 17.0 Å². The number of carbonyl (C=O) groups is 1. The van der Waals surface area contributed by atoms with E-state index in [1.807, 2.05) is 4.90 Å². The molecule has 0 saturated heterocycles. The maximum atomic E-state index is 12.7. The van der Waals surface area contributed by atoms with Gasteiger partial charge in [-0.05, 0) is 38.2 Å². The number of non-ortho nitro benzene ring substituents is 1. The molecule has 0 N–H and O–H groups in total. The molecule has 0 bridgehead atoms. The number of rotatable bonds is 6. The van der Waals surface area contributed by atoms with Gasteiger partial charge in [0.25, 0.3) is 11.6 Å². The number of hydrogen-bond acceptors (Lipinski definition) is 3. The second kappa shape index (κ2) is 6.89. The van der Waals surface area contributed by atoms with Crippen molar-refractivity contribution in [1.82, 2.24) is 4.90 Å². The fourth-order valence-corrected chi connectivity index (χ4v) is 2.61. The minimum absolute atomic E-state index is 0.0464. The molecular formula is C15H19ClN2O3. The summed E-state index contributed by atoms with van der Waals surface area (Å²) in [4.78, 5) is 25.0. The van der Waals surface area contributed by atoms with E-state index < -0.39 is 4.92 Å². The molecule has 1 saturated carbocycles. The second-order valence-corrected chi connectivity index (χ2v) is 5.76. The fourth-order valence-electron chi connectivity index (χ4n) is 2.49. The zero-order valence-corrected chi connectivity index (χ0v) is 12.8. The van der Waals surface area contributed by atoms with E-state index >= 15 is 0 Å². The van der Waals surface area contributed by atoms with Crippen molar-refractivity contribution in [3.05, 3.63) is 39.4 Å². The maximum Gasteiger partial charge on any atom is 0.270 e. The Bertz CT molecular complexity index is 544. The van der Waals surface area contributed by atoms with Gasteiger partial charge in [-0.3, -0.25) is 14.9 Å². The third kappa shape index (κ3) is 3.53. The molecule has 0 heterocycles. The Morgan fingerprint density at radius 3 is 2.71 bits per heavy atom. The van der Waals surface area contributed by atoms with Crippen molar-refractivity contribution in [3.8, 4) is 0 Å². The normalized spacial score (nSPS) is 14.6. The Kier molecular flexibility index (Phi) is 5.17. The summed E-state index contributed by atoms with van der Waals surface area (Å²) < 4.78 is 0. The Morgan fingerprint density at radius 2 is 2.19 bits per heavy atom. The zero-order chi connectivity index (χ0) is 15.4. The predicted molar refractivity (Wildman–Crippen MR) is 81.8 cm³/mol. The highest BCUT2D eigenvalue weighted by Crippen LogP contribution is 2.28. The summed E-state index contributed by atoms with van der Waals surface area (Å²) >= 11 is 5.73. The van der Waals surface area contributed by atoms with E-state index in [1.54, 1.807) is 13.0 Å². The smallest absolute Gasteiger partial charge is 0.270 e. The fraction of sp³-hybridized carbons (Fsp3) is 0.533. The summed E-state index contributed by atoms with van der Waals surface area (Å²) in [5.41, 5.74) is 1.14. The molecule has 2 rings (SSSR count). The highest BCUT2D eigenvalue weighted by atomic mass is 35.5. The highest BCUT2D eigenvalue weighted by molar-refractivity contribution is 6.17. The van der Waals surface area contributed by atoms with Gasteiger partial charge >= 0.3 is 0 Å². The summed E-state index contributed by atoms with van der Waals surface area (Å²) in [6.07, 6.45) is 3.87. The maximum absolute atomic E-state index is 12.7. The Morgan fingerprint density at radius 1 is 1.48 bits per heavy atom. The first kappa shape index (κ1) is 15.8. The number of hydrogen-bond donors (Lipinski definition) is 0. The summed E-state index contributed by atoms with van der Waals surface area (Å²) in [5, 5.41) is 10.9. The molecule has 0 spiro atoms. The van der Waals surface area contributed by atoms with Crippen LogP contribution in [0.3, 0.4) is 0 Å². The summed E-state index contributed by atoms with van der Waals surface area (Å²) in [5.74, 6) is 0.385. The van der Waals surface area contributed by atoms with Crippen LogP contribution in [0.5, 0.6) is 0 Å². The van der Waals surface area contributed by atoms with E-state index in [4.69, 9.17) is 11.6 Å². The lowest BCUT2D eigenvalue weighted by atomic mass is 9.90. The average molecular weight is 311 g/mol. The van der Waals surface area contributed by atoms with Gasteiger partial charge in [-0.1, -0.05) is 6.07 Å². The molecule has 1 amide bonds. The SMILES string of the molecule is Cc1ccc([N+](=O)[O-])cc1C(=O)N(CCCCl)C1CCC1. The number of nitro groups is 1. The molecule has 0 unspecified atom stereocenters. The van der Waals surface area contributed by atoms with Crippen LogP contribution in [0.2, 0.25) is 0 Å². The molecule has 1 aromatic carbocycles. The van der Waals surface area contributed by atoms with E-state index in [-0.39, 0.29) is 17.6 Å². The first-order valence-corrected chi connectivity index (χ1v) is 7.70. The molecule has 1 aromatic rings. The van der Waals surface area contributed by atoms with Gasteiger partial charge in [0, 0.05) is 36.2 Å². The molecule has 0 radical (unpaired) electrons. The minimum atomic E-state index is -0.470. The first-order chi connectivity index (χ1) is 10.0. The van der Waals surface area contributed by atoms with Crippen LogP contribution in [0.1, 0.15) is 41.6 Å². The molecule has 0 aromatic heterocycles. The quantitative estimate of drug-likeness (QED) is 0.459. The van der Waals surface area contributed by atoms with Crippen LogP contribution in [-0.4, -0.2) is 34.2 Å². The van der Waals surface area contributed by atoms with Gasteiger partial charge in [-0.25, -0.2) is 0 Å². The first-order valence-electron chi connectivity index (χ1n) is 7.16. The van der Waals surface area contributed by atoms with E-state index in [1.165, 1.54) is 12.1 Å². The number of aryl methyl sites for hydroxylation is 1. The number of carbonyl (C=O) groups excluding carboxylic acids is 1. The average Bonchev–Trinajstić information content (AvgIpc) is 2.40. The van der Waals surface area contributed by atoms with E-state index in [9.17, 15) is 14.9 Å². The van der Waals surface area contributed by atoms with E-state index in [0.29, 0.717) is 18.0 Å². The highest BCUT2D eigenvalue weighted by Gasteiger charge is 2.30. The van der Waals surface area contributed by atoms with Crippen LogP contribution in [0.25, 0.3) is 0 Å². The van der Waals surface area contributed by atoms with Gasteiger partial charge in [-0.2, -0.15) is 0 Å². The van der Waals surface area contributed by atoms with Crippen LogP contribution < -0.4 is 0 Å². The molecule has 1 fully saturated rings. The number of nitrogens with zero attached hydrogens (tertiary/aromatic N) is 2. The van der Waals surface area contributed by atoms with Crippen molar-refractivity contribution >= 4 is 23.2 Å². The summed E-state index contributed by atoms with van der Waals surface area (Å²) in [6, 6.07) is 4.69.